The van der Waals surface area contributed by atoms with Crippen molar-refractivity contribution in [2.24, 2.45) is 0 Å². The summed E-state index contributed by atoms with van der Waals surface area (Å²) in [6.07, 6.45) is 6.13. The van der Waals surface area contributed by atoms with E-state index in [0.29, 0.717) is 0 Å². The van der Waals surface area contributed by atoms with Crippen molar-refractivity contribution in [1.29, 1.82) is 0 Å². The summed E-state index contributed by atoms with van der Waals surface area (Å²) in [5.41, 5.74) is 13.3. The summed E-state index contributed by atoms with van der Waals surface area (Å²) in [5, 5.41) is 4.80. The highest BCUT2D eigenvalue weighted by Crippen LogP contribution is 2.56. The number of nitrogens with zero attached hydrogens (tertiary/aromatic N) is 6. The van der Waals surface area contributed by atoms with E-state index in [0.717, 1.165) is 50.7 Å². The largest absolute Gasteiger partial charge is 0.456 e. The molecule has 0 saturated carbocycles. The number of ether oxygens (including phenoxy) is 1. The molecule has 7 heteroatoms. The molecule has 0 radical (unpaired) electrons. The third kappa shape index (κ3) is 3.02. The van der Waals surface area contributed by atoms with Crippen LogP contribution in [0.4, 0.5) is 0 Å². The van der Waals surface area contributed by atoms with Crippen LogP contribution in [0, 0.1) is 13.8 Å². The van der Waals surface area contributed by atoms with Gasteiger partial charge in [-0.1, -0.05) is 59.3 Å². The van der Waals surface area contributed by atoms with Crippen molar-refractivity contribution in [3.63, 3.8) is 0 Å². The van der Waals surface area contributed by atoms with Gasteiger partial charge in [-0.05, 0) is 79.2 Å². The Morgan fingerprint density at radius 1 is 0.642 bits per heavy atom. The van der Waals surface area contributed by atoms with E-state index >= 15 is 0 Å². The Morgan fingerprint density at radius 2 is 1.43 bits per heavy atom. The summed E-state index contributed by atoms with van der Waals surface area (Å²) < 4.78 is 19.2. The Bertz CT molecular complexity index is 3290. The van der Waals surface area contributed by atoms with Gasteiger partial charge in [0, 0.05) is 52.6 Å². The molecule has 3 aliphatic heterocycles. The molecule has 8 heterocycles. The molecule has 1 atom stereocenters. The van der Waals surface area contributed by atoms with Gasteiger partial charge in [0.25, 0.3) is 5.82 Å². The molecule has 53 heavy (non-hydrogen) atoms. The number of rotatable bonds is 2. The fourth-order valence-corrected chi connectivity index (χ4v) is 10.3. The van der Waals surface area contributed by atoms with Crippen molar-refractivity contribution in [2.45, 2.75) is 19.5 Å². The lowest BCUT2D eigenvalue weighted by atomic mass is 9.84. The monoisotopic (exact) mass is 682 g/mol. The second kappa shape index (κ2) is 9.26. The van der Waals surface area contributed by atoms with Crippen LogP contribution in [0.5, 0.6) is 11.5 Å². The number of aromatic nitrogens is 6. The SMILES string of the molecule is Cc1c(-c2ccc3c4cnccc4n(-c4ccccc4)c3c2)c(C)[n+]2n1-c1cccc3c1C21c2c(ccc4c5ccccc5n(c24)-c2cccc[n+]21)O3. The molecule has 0 N–H and O–H groups in total. The molecule has 0 fully saturated rings. The highest BCUT2D eigenvalue weighted by Gasteiger charge is 2.69. The van der Waals surface area contributed by atoms with Crippen LogP contribution in [0.2, 0.25) is 0 Å². The number of hydrogen-bond acceptors (Lipinski definition) is 2. The molecule has 13 rings (SSSR count). The van der Waals surface area contributed by atoms with Gasteiger partial charge in [-0.25, -0.2) is 0 Å². The van der Waals surface area contributed by atoms with Crippen LogP contribution in [-0.4, -0.2) is 18.8 Å². The van der Waals surface area contributed by atoms with E-state index in [4.69, 9.17) is 4.74 Å². The van der Waals surface area contributed by atoms with Crippen molar-refractivity contribution < 1.29 is 14.0 Å². The zero-order chi connectivity index (χ0) is 34.7. The third-order valence-corrected chi connectivity index (χ3v) is 12.1. The van der Waals surface area contributed by atoms with E-state index in [1.807, 2.05) is 12.4 Å². The first kappa shape index (κ1) is 27.7. The van der Waals surface area contributed by atoms with Gasteiger partial charge in [-0.2, -0.15) is 9.13 Å². The maximum Gasteiger partial charge on any atom is 0.397 e. The van der Waals surface area contributed by atoms with Crippen LogP contribution < -0.4 is 14.0 Å². The predicted octanol–water partition coefficient (Wildman–Crippen LogP) is 8.96. The number of para-hydroxylation sites is 2. The minimum Gasteiger partial charge on any atom is -0.456 e. The maximum atomic E-state index is 6.91. The smallest absolute Gasteiger partial charge is 0.397 e. The van der Waals surface area contributed by atoms with Gasteiger partial charge in [-0.15, -0.1) is 4.68 Å². The molecule has 3 aliphatic rings. The van der Waals surface area contributed by atoms with Gasteiger partial charge in [0.05, 0.1) is 28.5 Å². The molecule has 1 unspecified atom stereocenters. The lowest BCUT2D eigenvalue weighted by Gasteiger charge is -2.33. The van der Waals surface area contributed by atoms with Crippen LogP contribution in [0.25, 0.3) is 71.9 Å². The van der Waals surface area contributed by atoms with Gasteiger partial charge < -0.3 is 9.30 Å². The molecule has 0 saturated heterocycles. The summed E-state index contributed by atoms with van der Waals surface area (Å²) in [6, 6.07) is 46.0. The first-order valence-electron chi connectivity index (χ1n) is 18.1. The van der Waals surface area contributed by atoms with Crippen molar-refractivity contribution in [1.82, 2.24) is 18.8 Å². The van der Waals surface area contributed by atoms with E-state index < -0.39 is 5.66 Å². The van der Waals surface area contributed by atoms with Crippen molar-refractivity contribution >= 4 is 43.6 Å². The van der Waals surface area contributed by atoms with E-state index in [2.05, 4.69) is 175 Å². The second-order valence-electron chi connectivity index (χ2n) is 14.5. The lowest BCUT2D eigenvalue weighted by molar-refractivity contribution is -0.995. The number of hydrogen-bond donors (Lipinski definition) is 0. The Morgan fingerprint density at radius 3 is 2.36 bits per heavy atom. The van der Waals surface area contributed by atoms with Gasteiger partial charge in [0.2, 0.25) is 5.69 Å². The third-order valence-electron chi connectivity index (χ3n) is 12.1. The molecule has 10 aromatic rings. The molecule has 1 spiro atoms. The standard InChI is InChI=1S/C46H30N6O/c1-27-42(29-18-19-32-34-26-47-23-22-36(34)49(38(32)25-29)30-11-4-3-5-12-30)28(2)52-46-43-37(51(27)52)15-10-16-39(43)53-40-21-20-33-31-13-6-7-14-35(31)50(45(33)44(40)46)41-17-8-9-24-48(41)46/h3-26H,1-2H3/q+2. The minimum atomic E-state index is -0.734. The Kier molecular flexibility index (Phi) is 4.84. The van der Waals surface area contributed by atoms with Gasteiger partial charge in [0.15, 0.2) is 11.1 Å². The average Bonchev–Trinajstić information content (AvgIpc) is 3.90. The summed E-state index contributed by atoms with van der Waals surface area (Å²) >= 11 is 0. The van der Waals surface area contributed by atoms with E-state index in [1.165, 1.54) is 55.3 Å². The van der Waals surface area contributed by atoms with E-state index in [9.17, 15) is 0 Å². The second-order valence-corrected chi connectivity index (χ2v) is 14.5. The molecule has 5 aromatic carbocycles. The fourth-order valence-electron chi connectivity index (χ4n) is 10.3. The Balaban J connectivity index is 1.18. The topological polar surface area (TPSA) is 44.7 Å². The van der Waals surface area contributed by atoms with Crippen LogP contribution in [-0.2, 0) is 5.66 Å². The first-order valence-corrected chi connectivity index (χ1v) is 18.1. The maximum absolute atomic E-state index is 6.91. The zero-order valence-electron chi connectivity index (χ0n) is 28.9. The minimum absolute atomic E-state index is 0.734. The van der Waals surface area contributed by atoms with Gasteiger partial charge in [-0.3, -0.25) is 4.98 Å². The van der Waals surface area contributed by atoms with Crippen LogP contribution >= 0.6 is 0 Å². The van der Waals surface area contributed by atoms with E-state index in [1.54, 1.807) is 0 Å². The number of benzene rings is 5. The summed E-state index contributed by atoms with van der Waals surface area (Å²) in [7, 11) is 0. The number of fused-ring (bicyclic) bond motifs is 10. The van der Waals surface area contributed by atoms with Crippen LogP contribution in [0.15, 0.2) is 146 Å². The summed E-state index contributed by atoms with van der Waals surface area (Å²) in [5.74, 6) is 2.89. The Labute approximate surface area is 303 Å². The van der Waals surface area contributed by atoms with E-state index in [-0.39, 0.29) is 0 Å². The number of pyridine rings is 2. The van der Waals surface area contributed by atoms with Gasteiger partial charge >= 0.3 is 5.66 Å². The first-order chi connectivity index (χ1) is 26.2. The van der Waals surface area contributed by atoms with Crippen LogP contribution in [0.3, 0.4) is 0 Å². The predicted molar refractivity (Wildman–Crippen MR) is 206 cm³/mol. The zero-order valence-corrected chi connectivity index (χ0v) is 28.9. The molecule has 5 aromatic heterocycles. The average molecular weight is 683 g/mol. The normalized spacial score (nSPS) is 16.0. The lowest BCUT2D eigenvalue weighted by Crippen LogP contribution is -2.77. The molecule has 0 bridgehead atoms. The molecule has 0 amide bonds. The van der Waals surface area contributed by atoms with Crippen LogP contribution in [0.1, 0.15) is 22.5 Å². The van der Waals surface area contributed by atoms with Gasteiger partial charge in [0.1, 0.15) is 28.3 Å². The molecule has 0 aliphatic carbocycles. The highest BCUT2D eigenvalue weighted by atomic mass is 16.5. The van der Waals surface area contributed by atoms with Crippen molar-refractivity contribution in [3.05, 3.63) is 168 Å². The summed E-state index contributed by atoms with van der Waals surface area (Å²) in [6.45, 7) is 4.56. The Hall–Kier alpha value is -6.99. The highest BCUT2D eigenvalue weighted by molar-refractivity contribution is 6.12. The van der Waals surface area contributed by atoms with Crippen molar-refractivity contribution in [2.75, 3.05) is 0 Å². The van der Waals surface area contributed by atoms with Crippen molar-refractivity contribution in [3.8, 4) is 39.8 Å². The molecular formula is C46H30N6O+2. The molecule has 248 valence electrons. The quantitative estimate of drug-likeness (QED) is 0.171. The molecular weight excluding hydrogens is 653 g/mol. The fraction of sp³-hybridized carbons (Fsp3) is 0.0652. The summed E-state index contributed by atoms with van der Waals surface area (Å²) in [4.78, 5) is 4.52. The molecule has 7 nitrogen and oxygen atoms in total.